The fourth-order valence-corrected chi connectivity index (χ4v) is 8.36. The Bertz CT molecular complexity index is 3700. The van der Waals surface area contributed by atoms with Crippen molar-refractivity contribution in [3.8, 4) is 0 Å². The van der Waals surface area contributed by atoms with Crippen molar-refractivity contribution < 1.29 is 49.3 Å². The van der Waals surface area contributed by atoms with Gasteiger partial charge in [0.1, 0.15) is 0 Å². The fraction of sp³-hybridized carbons (Fsp3) is 0.321. The standard InChI is InChI=1S/C56H60N2/c1-51(2)47-31-27-43(35-49(47)53(5,6)55(51,9)10)57(39-19-15-13-16-20-39)41-25-29-45-37(33-41)23-24-38-34-42(26-30-46(38)45)58(40-21-17-14-18-22-40)44-28-32-48-50(36-44)54(7,8)56(11,12)52(48,3)4/h13-36H,1-12H3/i1D3,2D3,3D3,4D3,5D3,6D3,7D3,8D3,9D3,10D3,11D3,12D3. The van der Waals surface area contributed by atoms with E-state index < -0.39 is 137 Å². The SMILES string of the molecule is [2H]C([2H])([2H])C1(C([2H])([2H])[2H])c2ccc(N(c3ccccc3)c3ccc4c(ccc5cc(N(c6ccccc6)c6ccc7c(c6)C(C([2H])([2H])[2H])(C([2H])([2H])[2H])C(C([2H])([2H])[2H])(C([2H])([2H])[2H])C7(C([2H])([2H])[2H])C([2H])([2H])[2H])ccc54)c3)cc2C(C([2H])([2H])[2H])(C([2H])([2H])[2H])C1(C([2H])([2H])[2H])C([2H])([2H])[2H]. The molecule has 2 nitrogen and oxygen atoms in total. The molecule has 58 heavy (non-hydrogen) atoms. The molecule has 294 valence electrons. The van der Waals surface area contributed by atoms with Gasteiger partial charge >= 0.3 is 0 Å². The van der Waals surface area contributed by atoms with Crippen LogP contribution in [0.25, 0.3) is 21.5 Å². The zero-order chi connectivity index (χ0) is 71.2. The Labute approximate surface area is 398 Å². The van der Waals surface area contributed by atoms with E-state index in [4.69, 9.17) is 49.3 Å². The Balaban J connectivity index is 1.30. The molecule has 0 saturated heterocycles. The molecule has 2 aliphatic rings. The van der Waals surface area contributed by atoms with Crippen molar-refractivity contribution in [1.29, 1.82) is 0 Å². The van der Waals surface area contributed by atoms with Crippen molar-refractivity contribution in [1.82, 2.24) is 0 Å². The molecule has 0 unspecified atom stereocenters. The quantitative estimate of drug-likeness (QED) is 0.155. The number of rotatable bonds is 6. The lowest BCUT2D eigenvalue weighted by Crippen LogP contribution is -2.42. The minimum Gasteiger partial charge on any atom is -0.310 e. The summed E-state index contributed by atoms with van der Waals surface area (Å²) in [7, 11) is 0. The molecule has 0 radical (unpaired) electrons. The van der Waals surface area contributed by atoms with Crippen LogP contribution in [-0.4, -0.2) is 0 Å². The highest BCUT2D eigenvalue weighted by Gasteiger charge is 2.58. The highest BCUT2D eigenvalue weighted by atomic mass is 15.1. The Hall–Kier alpha value is -5.34. The number of hydrogen-bond acceptors (Lipinski definition) is 2. The van der Waals surface area contributed by atoms with Crippen LogP contribution in [0.4, 0.5) is 34.1 Å². The van der Waals surface area contributed by atoms with Crippen molar-refractivity contribution in [2.24, 2.45) is 10.8 Å². The van der Waals surface area contributed by atoms with Crippen molar-refractivity contribution in [3.05, 3.63) is 168 Å². The maximum atomic E-state index is 9.02. The van der Waals surface area contributed by atoms with Gasteiger partial charge in [-0.05, 0) is 149 Å². The molecule has 0 heterocycles. The van der Waals surface area contributed by atoms with Gasteiger partial charge in [0, 0.05) is 83.5 Å². The Kier molecular flexibility index (Phi) is 3.26. The van der Waals surface area contributed by atoms with Crippen LogP contribution in [0.15, 0.2) is 146 Å². The molecule has 0 aliphatic heterocycles. The van der Waals surface area contributed by atoms with Crippen molar-refractivity contribution >= 4 is 55.7 Å². The smallest absolute Gasteiger partial charge is 0.0468 e. The van der Waals surface area contributed by atoms with Crippen LogP contribution in [0.1, 0.15) is 154 Å². The molecular formula is C56H60N2. The van der Waals surface area contributed by atoms with Gasteiger partial charge in [0.15, 0.2) is 0 Å². The Morgan fingerprint density at radius 3 is 1.02 bits per heavy atom. The third-order valence-electron chi connectivity index (χ3n) is 11.7. The molecule has 0 fully saturated rings. The summed E-state index contributed by atoms with van der Waals surface area (Å²) in [5, 5.41) is 1.93. The first-order valence-corrected chi connectivity index (χ1v) is 18.3. The molecule has 9 rings (SSSR count). The maximum absolute atomic E-state index is 9.02. The van der Waals surface area contributed by atoms with E-state index in [-0.39, 0.29) is 34.1 Å². The third-order valence-corrected chi connectivity index (χ3v) is 11.7. The third kappa shape index (κ3) is 5.16. The van der Waals surface area contributed by atoms with E-state index in [9.17, 15) is 0 Å². The summed E-state index contributed by atoms with van der Waals surface area (Å²) >= 11 is 0. The second kappa shape index (κ2) is 12.6. The zero-order valence-corrected chi connectivity index (χ0v) is 30.8. The molecule has 0 atom stereocenters. The van der Waals surface area contributed by atoms with E-state index in [1.54, 1.807) is 109 Å². The summed E-state index contributed by atoms with van der Waals surface area (Å²) in [6.45, 7) is -52.3. The lowest BCUT2D eigenvalue weighted by atomic mass is 9.59. The van der Waals surface area contributed by atoms with Crippen molar-refractivity contribution in [2.75, 3.05) is 9.80 Å². The minimum absolute atomic E-state index is 0.204. The zero-order valence-electron chi connectivity index (χ0n) is 66.8. The van der Waals surface area contributed by atoms with E-state index in [1.807, 2.05) is 0 Å². The van der Waals surface area contributed by atoms with Gasteiger partial charge in [-0.25, -0.2) is 0 Å². The number of nitrogens with zero attached hydrogens (tertiary/aromatic N) is 2. The van der Waals surface area contributed by atoms with Gasteiger partial charge in [-0.3, -0.25) is 0 Å². The van der Waals surface area contributed by atoms with Gasteiger partial charge in [-0.1, -0.05) is 155 Å². The van der Waals surface area contributed by atoms with Gasteiger partial charge in [-0.2, -0.15) is 0 Å². The number of fused-ring (bicyclic) bond motifs is 5. The van der Waals surface area contributed by atoms with Crippen LogP contribution in [0, 0.1) is 10.8 Å². The molecule has 0 spiro atoms. The normalized spacial score (nSPS) is 30.6. The van der Waals surface area contributed by atoms with Gasteiger partial charge < -0.3 is 9.80 Å². The molecule has 7 aromatic carbocycles. The molecule has 0 bridgehead atoms. The topological polar surface area (TPSA) is 6.48 Å². The summed E-state index contributed by atoms with van der Waals surface area (Å²) in [5.41, 5.74) is -30.6. The molecule has 7 aromatic rings. The number of para-hydroxylation sites is 2. The van der Waals surface area contributed by atoms with Crippen LogP contribution in [0.5, 0.6) is 0 Å². The first-order chi connectivity index (χ1) is 42.3. The highest BCUT2D eigenvalue weighted by molar-refractivity contribution is 6.09. The van der Waals surface area contributed by atoms with Gasteiger partial charge in [0.05, 0.1) is 0 Å². The lowest BCUT2D eigenvalue weighted by molar-refractivity contribution is 0.125. The van der Waals surface area contributed by atoms with Crippen LogP contribution < -0.4 is 9.80 Å². The molecule has 0 N–H and O–H groups in total. The van der Waals surface area contributed by atoms with E-state index in [2.05, 4.69) is 0 Å². The van der Waals surface area contributed by atoms with Gasteiger partial charge in [-0.15, -0.1) is 0 Å². The van der Waals surface area contributed by atoms with E-state index in [0.717, 1.165) is 36.4 Å². The van der Waals surface area contributed by atoms with Crippen molar-refractivity contribution in [3.63, 3.8) is 0 Å². The van der Waals surface area contributed by atoms with Crippen molar-refractivity contribution in [2.45, 2.75) is 104 Å². The predicted molar refractivity (Wildman–Crippen MR) is 250 cm³/mol. The summed E-state index contributed by atoms with van der Waals surface area (Å²) in [6, 6.07) is 34.1. The fourth-order valence-electron chi connectivity index (χ4n) is 8.36. The first kappa shape index (κ1) is 15.0. The largest absolute Gasteiger partial charge is 0.310 e. The van der Waals surface area contributed by atoms with Crippen LogP contribution in [0.3, 0.4) is 0 Å². The minimum atomic E-state index is -4.63. The second-order valence-electron chi connectivity index (χ2n) is 15.2. The molecule has 0 saturated carbocycles. The molecule has 0 aromatic heterocycles. The summed E-state index contributed by atoms with van der Waals surface area (Å²) < 4.78 is 322. The summed E-state index contributed by atoms with van der Waals surface area (Å²) in [4.78, 5) is 2.85. The van der Waals surface area contributed by atoms with Crippen LogP contribution >= 0.6 is 0 Å². The Morgan fingerprint density at radius 1 is 0.310 bits per heavy atom. The average Bonchev–Trinajstić information content (AvgIpc) is 1.43. The number of hydrogen-bond donors (Lipinski definition) is 0. The van der Waals surface area contributed by atoms with E-state index >= 15 is 0 Å². The Morgan fingerprint density at radius 2 is 0.655 bits per heavy atom. The monoisotopic (exact) mass is 797 g/mol. The van der Waals surface area contributed by atoms with Gasteiger partial charge in [0.25, 0.3) is 0 Å². The number of anilines is 6. The molecular weight excluding hydrogens is 701 g/mol. The summed E-state index contributed by atoms with van der Waals surface area (Å²) in [5.74, 6) is 0. The summed E-state index contributed by atoms with van der Waals surface area (Å²) in [6.07, 6.45) is 0. The van der Waals surface area contributed by atoms with Gasteiger partial charge in [0.2, 0.25) is 0 Å². The molecule has 0 amide bonds. The van der Waals surface area contributed by atoms with E-state index in [0.29, 0.717) is 21.5 Å². The van der Waals surface area contributed by atoms with Crippen LogP contribution in [0.2, 0.25) is 0 Å². The van der Waals surface area contributed by atoms with Crippen LogP contribution in [-0.2, 0) is 21.7 Å². The molecule has 2 aliphatic carbocycles. The lowest BCUT2D eigenvalue weighted by Gasteiger charge is -2.44. The predicted octanol–water partition coefficient (Wildman–Crippen LogP) is 16.1. The highest BCUT2D eigenvalue weighted by Crippen LogP contribution is 2.63. The molecule has 2 heteroatoms. The average molecular weight is 797 g/mol. The second-order valence-corrected chi connectivity index (χ2v) is 15.2. The van der Waals surface area contributed by atoms with E-state index in [1.165, 1.54) is 9.80 Å². The maximum Gasteiger partial charge on any atom is 0.0468 e. The number of benzene rings is 7. The first-order valence-electron chi connectivity index (χ1n) is 36.3.